The van der Waals surface area contributed by atoms with Gasteiger partial charge in [-0.25, -0.2) is 9.78 Å². The SMILES string of the molecule is CCCCC(=O)Nc1cc(C(=O)OCC)ccn1. The van der Waals surface area contributed by atoms with E-state index in [9.17, 15) is 9.59 Å². The van der Waals surface area contributed by atoms with Crippen molar-refractivity contribution in [1.29, 1.82) is 0 Å². The molecule has 0 saturated carbocycles. The molecule has 1 aromatic rings. The number of carbonyl (C=O) groups is 2. The molecular weight excluding hydrogens is 232 g/mol. The molecule has 0 saturated heterocycles. The van der Waals surface area contributed by atoms with Crippen molar-refractivity contribution in [3.63, 3.8) is 0 Å². The molecule has 0 aromatic carbocycles. The lowest BCUT2D eigenvalue weighted by molar-refractivity contribution is -0.116. The number of amides is 1. The topological polar surface area (TPSA) is 68.3 Å². The van der Waals surface area contributed by atoms with Gasteiger partial charge in [0.2, 0.25) is 5.91 Å². The summed E-state index contributed by atoms with van der Waals surface area (Å²) in [4.78, 5) is 27.0. The first-order chi connectivity index (χ1) is 8.67. The highest BCUT2D eigenvalue weighted by Gasteiger charge is 2.09. The predicted octanol–water partition coefficient (Wildman–Crippen LogP) is 2.39. The van der Waals surface area contributed by atoms with Crippen LogP contribution in [-0.4, -0.2) is 23.5 Å². The number of pyridine rings is 1. The van der Waals surface area contributed by atoms with Crippen LogP contribution in [0.4, 0.5) is 5.82 Å². The maximum Gasteiger partial charge on any atom is 0.338 e. The summed E-state index contributed by atoms with van der Waals surface area (Å²) < 4.78 is 4.87. The van der Waals surface area contributed by atoms with Crippen molar-refractivity contribution in [2.24, 2.45) is 0 Å². The average Bonchev–Trinajstić information content (AvgIpc) is 2.37. The lowest BCUT2D eigenvalue weighted by Crippen LogP contribution is -2.13. The zero-order valence-electron chi connectivity index (χ0n) is 10.7. The number of unbranched alkanes of at least 4 members (excludes halogenated alkanes) is 1. The fourth-order valence-electron chi connectivity index (χ4n) is 1.38. The largest absolute Gasteiger partial charge is 0.462 e. The number of rotatable bonds is 6. The smallest absolute Gasteiger partial charge is 0.338 e. The molecule has 1 amide bonds. The fraction of sp³-hybridized carbons (Fsp3) is 0.462. The van der Waals surface area contributed by atoms with Gasteiger partial charge >= 0.3 is 5.97 Å². The Morgan fingerprint density at radius 3 is 2.83 bits per heavy atom. The standard InChI is InChI=1S/C13H18N2O3/c1-3-5-6-12(16)15-11-9-10(7-8-14-11)13(17)18-4-2/h7-9H,3-6H2,1-2H3,(H,14,15,16). The Balaban J connectivity index is 2.64. The molecule has 1 N–H and O–H groups in total. The van der Waals surface area contributed by atoms with Gasteiger partial charge in [-0.2, -0.15) is 0 Å². The summed E-state index contributed by atoms with van der Waals surface area (Å²) in [5, 5.41) is 2.66. The van der Waals surface area contributed by atoms with E-state index in [-0.39, 0.29) is 5.91 Å². The minimum Gasteiger partial charge on any atom is -0.462 e. The molecule has 0 aliphatic rings. The van der Waals surface area contributed by atoms with E-state index in [1.807, 2.05) is 6.92 Å². The lowest BCUT2D eigenvalue weighted by Gasteiger charge is -2.06. The summed E-state index contributed by atoms with van der Waals surface area (Å²) in [6.45, 7) is 4.08. The Morgan fingerprint density at radius 2 is 2.17 bits per heavy atom. The molecule has 0 atom stereocenters. The molecule has 0 fully saturated rings. The van der Waals surface area contributed by atoms with Crippen LogP contribution in [0.2, 0.25) is 0 Å². The number of nitrogens with one attached hydrogen (secondary N) is 1. The van der Waals surface area contributed by atoms with Crippen molar-refractivity contribution >= 4 is 17.7 Å². The summed E-state index contributed by atoms with van der Waals surface area (Å²) >= 11 is 0. The van der Waals surface area contributed by atoms with Crippen molar-refractivity contribution in [2.75, 3.05) is 11.9 Å². The van der Waals surface area contributed by atoms with Gasteiger partial charge in [0.05, 0.1) is 12.2 Å². The first-order valence-electron chi connectivity index (χ1n) is 6.10. The Labute approximate surface area is 107 Å². The Hall–Kier alpha value is -1.91. The molecule has 0 bridgehead atoms. The highest BCUT2D eigenvalue weighted by molar-refractivity contribution is 5.93. The number of hydrogen-bond donors (Lipinski definition) is 1. The molecule has 0 radical (unpaired) electrons. The molecule has 1 aromatic heterocycles. The second-order valence-corrected chi connectivity index (χ2v) is 3.80. The number of nitrogens with zero attached hydrogens (tertiary/aromatic N) is 1. The summed E-state index contributed by atoms with van der Waals surface area (Å²) in [5.74, 6) is -0.129. The van der Waals surface area contributed by atoms with E-state index in [4.69, 9.17) is 4.74 Å². The van der Waals surface area contributed by atoms with Gasteiger partial charge in [-0.3, -0.25) is 4.79 Å². The van der Waals surface area contributed by atoms with Crippen molar-refractivity contribution in [2.45, 2.75) is 33.1 Å². The van der Waals surface area contributed by atoms with Crippen LogP contribution in [0, 0.1) is 0 Å². The summed E-state index contributed by atoms with van der Waals surface area (Å²) in [5.41, 5.74) is 0.387. The van der Waals surface area contributed by atoms with E-state index in [2.05, 4.69) is 10.3 Å². The molecule has 5 heteroatoms. The Kier molecular flexibility index (Phi) is 5.84. The van der Waals surface area contributed by atoms with Gasteiger partial charge in [-0.15, -0.1) is 0 Å². The molecule has 5 nitrogen and oxygen atoms in total. The third-order valence-electron chi connectivity index (χ3n) is 2.30. The highest BCUT2D eigenvalue weighted by Crippen LogP contribution is 2.09. The van der Waals surface area contributed by atoms with Gasteiger partial charge in [0.15, 0.2) is 0 Å². The molecule has 98 valence electrons. The summed E-state index contributed by atoms with van der Waals surface area (Å²) in [6, 6.07) is 3.07. The van der Waals surface area contributed by atoms with Crippen molar-refractivity contribution in [1.82, 2.24) is 4.98 Å². The third kappa shape index (κ3) is 4.53. The van der Waals surface area contributed by atoms with E-state index in [0.717, 1.165) is 12.8 Å². The van der Waals surface area contributed by atoms with Crippen LogP contribution >= 0.6 is 0 Å². The third-order valence-corrected chi connectivity index (χ3v) is 2.30. The first kappa shape index (κ1) is 14.2. The van der Waals surface area contributed by atoms with Crippen molar-refractivity contribution in [3.8, 4) is 0 Å². The Morgan fingerprint density at radius 1 is 1.39 bits per heavy atom. The number of aromatic nitrogens is 1. The minimum absolute atomic E-state index is 0.0923. The summed E-state index contributed by atoms with van der Waals surface area (Å²) in [7, 11) is 0. The first-order valence-corrected chi connectivity index (χ1v) is 6.10. The number of esters is 1. The molecule has 18 heavy (non-hydrogen) atoms. The van der Waals surface area contributed by atoms with Crippen LogP contribution in [0.3, 0.4) is 0 Å². The lowest BCUT2D eigenvalue weighted by atomic mass is 10.2. The summed E-state index contributed by atoms with van der Waals surface area (Å²) in [6.07, 6.45) is 3.73. The average molecular weight is 250 g/mol. The van der Waals surface area contributed by atoms with Crippen LogP contribution in [0.15, 0.2) is 18.3 Å². The second-order valence-electron chi connectivity index (χ2n) is 3.80. The predicted molar refractivity (Wildman–Crippen MR) is 68.3 cm³/mol. The molecule has 0 spiro atoms. The van der Waals surface area contributed by atoms with Crippen molar-refractivity contribution in [3.05, 3.63) is 23.9 Å². The number of hydrogen-bond acceptors (Lipinski definition) is 4. The van der Waals surface area contributed by atoms with Crippen LogP contribution in [-0.2, 0) is 9.53 Å². The highest BCUT2D eigenvalue weighted by atomic mass is 16.5. The fourth-order valence-corrected chi connectivity index (χ4v) is 1.38. The quantitative estimate of drug-likeness (QED) is 0.787. The minimum atomic E-state index is -0.413. The molecule has 1 rings (SSSR count). The van der Waals surface area contributed by atoms with Crippen LogP contribution < -0.4 is 5.32 Å². The molecule has 0 unspecified atom stereocenters. The van der Waals surface area contributed by atoms with Crippen molar-refractivity contribution < 1.29 is 14.3 Å². The van der Waals surface area contributed by atoms with E-state index in [1.165, 1.54) is 12.3 Å². The van der Waals surface area contributed by atoms with Gasteiger partial charge in [0.25, 0.3) is 0 Å². The van der Waals surface area contributed by atoms with Gasteiger partial charge in [-0.05, 0) is 25.5 Å². The molecule has 0 aliphatic heterocycles. The van der Waals surface area contributed by atoms with Crippen LogP contribution in [0.1, 0.15) is 43.5 Å². The normalized spacial score (nSPS) is 9.89. The van der Waals surface area contributed by atoms with E-state index >= 15 is 0 Å². The van der Waals surface area contributed by atoms with E-state index in [0.29, 0.717) is 24.4 Å². The van der Waals surface area contributed by atoms with Gasteiger partial charge in [-0.1, -0.05) is 13.3 Å². The number of anilines is 1. The van der Waals surface area contributed by atoms with Gasteiger partial charge in [0, 0.05) is 12.6 Å². The monoisotopic (exact) mass is 250 g/mol. The van der Waals surface area contributed by atoms with Crippen LogP contribution in [0.5, 0.6) is 0 Å². The Bertz CT molecular complexity index is 418. The second kappa shape index (κ2) is 7.42. The van der Waals surface area contributed by atoms with Gasteiger partial charge < -0.3 is 10.1 Å². The van der Waals surface area contributed by atoms with Crippen LogP contribution in [0.25, 0.3) is 0 Å². The zero-order chi connectivity index (χ0) is 13.4. The molecular formula is C13H18N2O3. The van der Waals surface area contributed by atoms with E-state index < -0.39 is 5.97 Å². The van der Waals surface area contributed by atoms with Gasteiger partial charge in [0.1, 0.15) is 5.82 Å². The van der Waals surface area contributed by atoms with E-state index in [1.54, 1.807) is 13.0 Å². The zero-order valence-corrected chi connectivity index (χ0v) is 10.7. The maximum atomic E-state index is 11.5. The maximum absolute atomic E-state index is 11.5. The number of carbonyl (C=O) groups excluding carboxylic acids is 2. The molecule has 1 heterocycles. The number of ether oxygens (including phenoxy) is 1. The molecule has 0 aliphatic carbocycles.